The van der Waals surface area contributed by atoms with Gasteiger partial charge in [0.1, 0.15) is 6.04 Å². The standard InChI is InChI=1S/C12H13N3O3/c1-2-18-12(17)10-9(13)11(16)15(14-10)8-6-4-3-5-7-8/h3-7,9H,2,13H2,1H3. The number of amides is 1. The highest BCUT2D eigenvalue weighted by atomic mass is 16.5. The highest BCUT2D eigenvalue weighted by Crippen LogP contribution is 2.19. The molecule has 1 heterocycles. The van der Waals surface area contributed by atoms with Crippen LogP contribution in [0.1, 0.15) is 6.92 Å². The Balaban J connectivity index is 2.29. The fourth-order valence-electron chi connectivity index (χ4n) is 1.59. The van der Waals surface area contributed by atoms with Gasteiger partial charge in [0.2, 0.25) is 0 Å². The number of hydrogen-bond donors (Lipinski definition) is 1. The molecule has 1 aliphatic rings. The van der Waals surface area contributed by atoms with Crippen molar-refractivity contribution in [1.82, 2.24) is 0 Å². The van der Waals surface area contributed by atoms with Gasteiger partial charge in [0, 0.05) is 0 Å². The van der Waals surface area contributed by atoms with Crippen molar-refractivity contribution in [3.8, 4) is 0 Å². The lowest BCUT2D eigenvalue weighted by molar-refractivity contribution is -0.135. The summed E-state index contributed by atoms with van der Waals surface area (Å²) in [6.07, 6.45) is 0. The summed E-state index contributed by atoms with van der Waals surface area (Å²) in [7, 11) is 0. The van der Waals surface area contributed by atoms with Crippen LogP contribution >= 0.6 is 0 Å². The maximum absolute atomic E-state index is 11.9. The Morgan fingerprint density at radius 2 is 2.11 bits per heavy atom. The molecule has 0 spiro atoms. The molecule has 0 bridgehead atoms. The zero-order valence-electron chi connectivity index (χ0n) is 9.87. The molecule has 1 aromatic rings. The molecule has 0 saturated heterocycles. The summed E-state index contributed by atoms with van der Waals surface area (Å²) in [5, 5.41) is 5.06. The number of hydrazone groups is 1. The number of para-hydroxylation sites is 1. The zero-order chi connectivity index (χ0) is 13.1. The Labute approximate surface area is 104 Å². The molecule has 1 aromatic carbocycles. The molecular weight excluding hydrogens is 234 g/mol. The number of nitrogens with two attached hydrogens (primary N) is 1. The van der Waals surface area contributed by atoms with Crippen molar-refractivity contribution < 1.29 is 14.3 Å². The number of anilines is 1. The maximum atomic E-state index is 11.9. The van der Waals surface area contributed by atoms with Crippen LogP contribution in [0.4, 0.5) is 5.69 Å². The Hall–Kier alpha value is -2.21. The monoisotopic (exact) mass is 247 g/mol. The third kappa shape index (κ3) is 2.10. The summed E-state index contributed by atoms with van der Waals surface area (Å²) in [5.74, 6) is -1.10. The predicted molar refractivity (Wildman–Crippen MR) is 66.0 cm³/mol. The van der Waals surface area contributed by atoms with Gasteiger partial charge in [-0.15, -0.1) is 0 Å². The zero-order valence-corrected chi connectivity index (χ0v) is 9.87. The molecule has 0 fully saturated rings. The number of benzene rings is 1. The van der Waals surface area contributed by atoms with E-state index >= 15 is 0 Å². The fourth-order valence-corrected chi connectivity index (χ4v) is 1.59. The van der Waals surface area contributed by atoms with Crippen molar-refractivity contribution in [2.45, 2.75) is 13.0 Å². The first-order valence-corrected chi connectivity index (χ1v) is 5.55. The molecule has 6 nitrogen and oxygen atoms in total. The van der Waals surface area contributed by atoms with Crippen molar-refractivity contribution in [2.24, 2.45) is 10.8 Å². The van der Waals surface area contributed by atoms with Crippen LogP contribution in [0.2, 0.25) is 0 Å². The van der Waals surface area contributed by atoms with E-state index in [9.17, 15) is 9.59 Å². The molecule has 18 heavy (non-hydrogen) atoms. The number of nitrogens with zero attached hydrogens (tertiary/aromatic N) is 2. The highest BCUT2D eigenvalue weighted by molar-refractivity contribution is 6.45. The average Bonchev–Trinajstić information content (AvgIpc) is 2.68. The van der Waals surface area contributed by atoms with Crippen LogP contribution in [0, 0.1) is 0 Å². The second-order valence-electron chi connectivity index (χ2n) is 3.67. The van der Waals surface area contributed by atoms with Crippen molar-refractivity contribution in [1.29, 1.82) is 0 Å². The molecule has 2 N–H and O–H groups in total. The number of carbonyl (C=O) groups excluding carboxylic acids is 2. The third-order valence-electron chi connectivity index (χ3n) is 2.46. The summed E-state index contributed by atoms with van der Waals surface area (Å²) in [5.41, 5.74) is 6.16. The third-order valence-corrected chi connectivity index (χ3v) is 2.46. The van der Waals surface area contributed by atoms with E-state index in [0.29, 0.717) is 5.69 Å². The molecule has 2 rings (SSSR count). The van der Waals surface area contributed by atoms with E-state index in [4.69, 9.17) is 10.5 Å². The molecule has 1 amide bonds. The summed E-state index contributed by atoms with van der Waals surface area (Å²) < 4.78 is 4.80. The minimum Gasteiger partial charge on any atom is -0.461 e. The Bertz CT molecular complexity index is 499. The smallest absolute Gasteiger partial charge is 0.356 e. The first-order valence-electron chi connectivity index (χ1n) is 5.55. The number of ether oxygens (including phenoxy) is 1. The van der Waals surface area contributed by atoms with Crippen LogP contribution < -0.4 is 10.7 Å². The molecular formula is C12H13N3O3. The normalized spacial score (nSPS) is 18.8. The molecule has 1 unspecified atom stereocenters. The first-order chi connectivity index (χ1) is 8.65. The van der Waals surface area contributed by atoms with Gasteiger partial charge in [-0.1, -0.05) is 18.2 Å². The predicted octanol–water partition coefficient (Wildman–Crippen LogP) is 0.280. The summed E-state index contributed by atoms with van der Waals surface area (Å²) in [6, 6.07) is 7.71. The molecule has 1 atom stereocenters. The van der Waals surface area contributed by atoms with Gasteiger partial charge in [-0.25, -0.2) is 4.79 Å². The highest BCUT2D eigenvalue weighted by Gasteiger charge is 2.38. The first kappa shape index (κ1) is 12.3. The summed E-state index contributed by atoms with van der Waals surface area (Å²) in [6.45, 7) is 1.89. The lowest BCUT2D eigenvalue weighted by Gasteiger charge is -2.11. The fraction of sp³-hybridized carbons (Fsp3) is 0.250. The van der Waals surface area contributed by atoms with Crippen molar-refractivity contribution in [3.63, 3.8) is 0 Å². The molecule has 6 heteroatoms. The lowest BCUT2D eigenvalue weighted by Crippen LogP contribution is -2.42. The van der Waals surface area contributed by atoms with Gasteiger partial charge < -0.3 is 10.5 Å². The van der Waals surface area contributed by atoms with E-state index < -0.39 is 17.9 Å². The quantitative estimate of drug-likeness (QED) is 0.777. The van der Waals surface area contributed by atoms with Gasteiger partial charge in [-0.3, -0.25) is 4.79 Å². The second kappa shape index (κ2) is 4.97. The number of hydrogen-bond acceptors (Lipinski definition) is 5. The molecule has 0 radical (unpaired) electrons. The molecule has 0 saturated carbocycles. The van der Waals surface area contributed by atoms with Gasteiger partial charge >= 0.3 is 5.97 Å². The summed E-state index contributed by atoms with van der Waals surface area (Å²) >= 11 is 0. The Kier molecular flexibility index (Phi) is 3.38. The van der Waals surface area contributed by atoms with E-state index in [1.165, 1.54) is 0 Å². The average molecular weight is 247 g/mol. The van der Waals surface area contributed by atoms with Crippen molar-refractivity contribution in [3.05, 3.63) is 30.3 Å². The van der Waals surface area contributed by atoms with Crippen LogP contribution in [-0.2, 0) is 14.3 Å². The molecule has 94 valence electrons. The molecule has 1 aliphatic heterocycles. The van der Waals surface area contributed by atoms with Gasteiger partial charge in [0.05, 0.1) is 12.3 Å². The van der Waals surface area contributed by atoms with E-state index in [0.717, 1.165) is 5.01 Å². The minimum absolute atomic E-state index is 0.0642. The van der Waals surface area contributed by atoms with E-state index in [2.05, 4.69) is 5.10 Å². The topological polar surface area (TPSA) is 85.0 Å². The minimum atomic E-state index is -1.07. The molecule has 0 aromatic heterocycles. The lowest BCUT2D eigenvalue weighted by atomic mass is 10.2. The van der Waals surface area contributed by atoms with Crippen molar-refractivity contribution in [2.75, 3.05) is 11.6 Å². The Morgan fingerprint density at radius 1 is 1.44 bits per heavy atom. The van der Waals surface area contributed by atoms with E-state index in [-0.39, 0.29) is 12.3 Å². The maximum Gasteiger partial charge on any atom is 0.356 e. The number of rotatable bonds is 3. The van der Waals surface area contributed by atoms with E-state index in [1.54, 1.807) is 31.2 Å². The largest absolute Gasteiger partial charge is 0.461 e. The van der Waals surface area contributed by atoms with Crippen LogP contribution in [0.15, 0.2) is 35.4 Å². The number of carbonyl (C=O) groups is 2. The SMILES string of the molecule is CCOC(=O)C1=NN(c2ccccc2)C(=O)C1N. The second-order valence-corrected chi connectivity index (χ2v) is 3.67. The van der Waals surface area contributed by atoms with Gasteiger partial charge in [0.15, 0.2) is 5.71 Å². The van der Waals surface area contributed by atoms with Crippen LogP contribution in [-0.4, -0.2) is 30.2 Å². The van der Waals surface area contributed by atoms with Crippen LogP contribution in [0.25, 0.3) is 0 Å². The van der Waals surface area contributed by atoms with Crippen molar-refractivity contribution >= 4 is 23.3 Å². The van der Waals surface area contributed by atoms with E-state index in [1.807, 2.05) is 6.07 Å². The Morgan fingerprint density at radius 3 is 2.72 bits per heavy atom. The van der Waals surface area contributed by atoms with Gasteiger partial charge in [-0.05, 0) is 19.1 Å². The van der Waals surface area contributed by atoms with Gasteiger partial charge in [-0.2, -0.15) is 10.1 Å². The molecule has 0 aliphatic carbocycles. The number of esters is 1. The van der Waals surface area contributed by atoms with Crippen LogP contribution in [0.3, 0.4) is 0 Å². The van der Waals surface area contributed by atoms with Gasteiger partial charge in [0.25, 0.3) is 5.91 Å². The summed E-state index contributed by atoms with van der Waals surface area (Å²) in [4.78, 5) is 23.5. The van der Waals surface area contributed by atoms with Crippen LogP contribution in [0.5, 0.6) is 0 Å².